The summed E-state index contributed by atoms with van der Waals surface area (Å²) >= 11 is 0. The number of furan rings is 1. The van der Waals surface area contributed by atoms with Crippen molar-refractivity contribution < 1.29 is 28.6 Å². The van der Waals surface area contributed by atoms with Crippen molar-refractivity contribution in [1.29, 1.82) is 0 Å². The number of carbonyl (C=O) groups excluding carboxylic acids is 2. The van der Waals surface area contributed by atoms with Crippen molar-refractivity contribution >= 4 is 23.5 Å². The minimum absolute atomic E-state index is 0.0000749. The highest BCUT2D eigenvalue weighted by molar-refractivity contribution is 6.07. The van der Waals surface area contributed by atoms with Gasteiger partial charge in [-0.25, -0.2) is 0 Å². The fourth-order valence-corrected chi connectivity index (χ4v) is 2.58. The van der Waals surface area contributed by atoms with Crippen LogP contribution in [0.25, 0.3) is 0 Å². The van der Waals surface area contributed by atoms with E-state index in [-0.39, 0.29) is 17.7 Å². The number of para-hydroxylation sites is 1. The third-order valence-corrected chi connectivity index (χ3v) is 3.61. The zero-order chi connectivity index (χ0) is 20.2. The predicted molar refractivity (Wildman–Crippen MR) is 98.7 cm³/mol. The molecule has 0 saturated carbocycles. The standard InChI is InChI=1S/C20H23NO6/c1-12-11-26-15(10-16(22)23)18(12)19(25)21-14-8-6-5-7-13(14)9-17(24)27-20(2,3)4/h5-8,11H,9-10H2,1-4H3,(H,21,25)(H,22,23). The lowest BCUT2D eigenvalue weighted by atomic mass is 10.1. The Hall–Kier alpha value is -3.09. The van der Waals surface area contributed by atoms with E-state index in [0.29, 0.717) is 16.8 Å². The molecule has 0 unspecified atom stereocenters. The van der Waals surface area contributed by atoms with Crippen LogP contribution in [-0.4, -0.2) is 28.6 Å². The molecule has 0 aliphatic carbocycles. The number of aliphatic carboxylic acids is 1. The monoisotopic (exact) mass is 373 g/mol. The number of carbonyl (C=O) groups is 3. The number of anilines is 1. The highest BCUT2D eigenvalue weighted by Crippen LogP contribution is 2.22. The first kappa shape index (κ1) is 20.2. The summed E-state index contributed by atoms with van der Waals surface area (Å²) in [6.07, 6.45) is 0.954. The summed E-state index contributed by atoms with van der Waals surface area (Å²) in [5, 5.41) is 11.7. The van der Waals surface area contributed by atoms with Crippen molar-refractivity contribution in [2.45, 2.75) is 46.1 Å². The van der Waals surface area contributed by atoms with Gasteiger partial charge in [-0.15, -0.1) is 0 Å². The van der Waals surface area contributed by atoms with Crippen LogP contribution in [0.4, 0.5) is 5.69 Å². The van der Waals surface area contributed by atoms with E-state index in [2.05, 4.69) is 5.32 Å². The van der Waals surface area contributed by atoms with Gasteiger partial charge in [0, 0.05) is 11.3 Å². The second-order valence-corrected chi connectivity index (χ2v) is 7.16. The van der Waals surface area contributed by atoms with Gasteiger partial charge >= 0.3 is 11.9 Å². The van der Waals surface area contributed by atoms with Crippen LogP contribution in [0.15, 0.2) is 34.9 Å². The van der Waals surface area contributed by atoms with Crippen LogP contribution in [0, 0.1) is 6.92 Å². The summed E-state index contributed by atoms with van der Waals surface area (Å²) in [7, 11) is 0. The molecule has 0 aliphatic heterocycles. The van der Waals surface area contributed by atoms with Crippen LogP contribution in [-0.2, 0) is 27.2 Å². The van der Waals surface area contributed by atoms with Gasteiger partial charge in [0.25, 0.3) is 5.91 Å². The van der Waals surface area contributed by atoms with Crippen molar-refractivity contribution in [3.63, 3.8) is 0 Å². The van der Waals surface area contributed by atoms with E-state index in [1.165, 1.54) is 6.26 Å². The molecule has 0 spiro atoms. The normalized spacial score (nSPS) is 11.1. The van der Waals surface area contributed by atoms with E-state index in [0.717, 1.165) is 0 Å². The molecule has 2 N–H and O–H groups in total. The number of nitrogens with one attached hydrogen (secondary N) is 1. The number of amides is 1. The number of esters is 1. The van der Waals surface area contributed by atoms with Gasteiger partial charge in [0.15, 0.2) is 0 Å². The Bertz CT molecular complexity index is 860. The van der Waals surface area contributed by atoms with E-state index in [1.807, 2.05) is 0 Å². The summed E-state index contributed by atoms with van der Waals surface area (Å²) in [5.74, 6) is -1.91. The lowest BCUT2D eigenvalue weighted by Crippen LogP contribution is -2.25. The first-order valence-corrected chi connectivity index (χ1v) is 8.46. The number of carboxylic acids is 1. The topological polar surface area (TPSA) is 106 Å². The molecule has 2 rings (SSSR count). The smallest absolute Gasteiger partial charge is 0.311 e. The molecule has 0 aliphatic rings. The molecular weight excluding hydrogens is 350 g/mol. The Morgan fingerprint density at radius 2 is 1.81 bits per heavy atom. The first-order chi connectivity index (χ1) is 12.6. The number of benzene rings is 1. The lowest BCUT2D eigenvalue weighted by Gasteiger charge is -2.20. The Morgan fingerprint density at radius 1 is 1.15 bits per heavy atom. The number of rotatable bonds is 6. The van der Waals surface area contributed by atoms with E-state index in [4.69, 9.17) is 14.3 Å². The third kappa shape index (κ3) is 5.70. The molecule has 0 radical (unpaired) electrons. The molecule has 1 aromatic carbocycles. The van der Waals surface area contributed by atoms with Crippen molar-refractivity contribution in [3.8, 4) is 0 Å². The number of aryl methyl sites for hydroxylation is 1. The van der Waals surface area contributed by atoms with Gasteiger partial charge in [-0.2, -0.15) is 0 Å². The third-order valence-electron chi connectivity index (χ3n) is 3.61. The summed E-state index contributed by atoms with van der Waals surface area (Å²) in [6, 6.07) is 6.88. The molecule has 0 atom stereocenters. The number of hydrogen-bond donors (Lipinski definition) is 2. The van der Waals surface area contributed by atoms with Crippen molar-refractivity contribution in [2.75, 3.05) is 5.32 Å². The molecule has 1 aromatic heterocycles. The maximum absolute atomic E-state index is 12.7. The van der Waals surface area contributed by atoms with Crippen LogP contribution < -0.4 is 5.32 Å². The quantitative estimate of drug-likeness (QED) is 0.752. The highest BCUT2D eigenvalue weighted by atomic mass is 16.6. The summed E-state index contributed by atoms with van der Waals surface area (Å²) < 4.78 is 10.5. The molecule has 27 heavy (non-hydrogen) atoms. The zero-order valence-electron chi connectivity index (χ0n) is 15.8. The van der Waals surface area contributed by atoms with Gasteiger partial charge in [0.2, 0.25) is 0 Å². The largest absolute Gasteiger partial charge is 0.481 e. The van der Waals surface area contributed by atoms with Crippen LogP contribution in [0.2, 0.25) is 0 Å². The number of carboxylic acid groups (broad SMARTS) is 1. The fourth-order valence-electron chi connectivity index (χ4n) is 2.58. The summed E-state index contributed by atoms with van der Waals surface area (Å²) in [5.41, 5.74) is 1.17. The maximum atomic E-state index is 12.7. The molecule has 2 aromatic rings. The molecule has 144 valence electrons. The highest BCUT2D eigenvalue weighted by Gasteiger charge is 2.22. The average Bonchev–Trinajstić information content (AvgIpc) is 2.87. The van der Waals surface area contributed by atoms with E-state index < -0.39 is 29.9 Å². The van der Waals surface area contributed by atoms with Gasteiger partial charge in [-0.1, -0.05) is 18.2 Å². The Morgan fingerprint density at radius 3 is 2.44 bits per heavy atom. The van der Waals surface area contributed by atoms with Crippen molar-refractivity contribution in [3.05, 3.63) is 53.0 Å². The molecule has 1 amide bonds. The van der Waals surface area contributed by atoms with Gasteiger partial charge < -0.3 is 19.6 Å². The lowest BCUT2D eigenvalue weighted by molar-refractivity contribution is -0.153. The Labute approximate surface area is 157 Å². The molecule has 7 nitrogen and oxygen atoms in total. The van der Waals surface area contributed by atoms with Gasteiger partial charge in [-0.3, -0.25) is 14.4 Å². The van der Waals surface area contributed by atoms with Crippen LogP contribution in [0.1, 0.15) is 48.0 Å². The minimum Gasteiger partial charge on any atom is -0.481 e. The average molecular weight is 373 g/mol. The fraction of sp³-hybridized carbons (Fsp3) is 0.350. The molecular formula is C20H23NO6. The minimum atomic E-state index is -1.09. The van der Waals surface area contributed by atoms with Crippen molar-refractivity contribution in [1.82, 2.24) is 0 Å². The molecule has 0 fully saturated rings. The van der Waals surface area contributed by atoms with Crippen LogP contribution in [0.5, 0.6) is 0 Å². The predicted octanol–water partition coefficient (Wildman–Crippen LogP) is 3.35. The van der Waals surface area contributed by atoms with Gasteiger partial charge in [0.05, 0.1) is 18.2 Å². The summed E-state index contributed by atoms with van der Waals surface area (Å²) in [4.78, 5) is 35.8. The molecule has 7 heteroatoms. The Balaban J connectivity index is 2.21. The van der Waals surface area contributed by atoms with Crippen molar-refractivity contribution in [2.24, 2.45) is 0 Å². The first-order valence-electron chi connectivity index (χ1n) is 8.46. The molecule has 1 heterocycles. The summed E-state index contributed by atoms with van der Waals surface area (Å²) in [6.45, 7) is 7.01. The number of hydrogen-bond acceptors (Lipinski definition) is 5. The number of ether oxygens (including phenoxy) is 1. The van der Waals surface area contributed by atoms with Gasteiger partial charge in [0.1, 0.15) is 17.8 Å². The van der Waals surface area contributed by atoms with Crippen LogP contribution >= 0.6 is 0 Å². The zero-order valence-corrected chi connectivity index (χ0v) is 15.8. The van der Waals surface area contributed by atoms with E-state index in [9.17, 15) is 14.4 Å². The van der Waals surface area contributed by atoms with Gasteiger partial charge in [-0.05, 0) is 39.3 Å². The Kier molecular flexibility index (Phi) is 6.05. The maximum Gasteiger partial charge on any atom is 0.311 e. The molecule has 0 bridgehead atoms. The SMILES string of the molecule is Cc1coc(CC(=O)O)c1C(=O)Nc1ccccc1CC(=O)OC(C)(C)C. The van der Waals surface area contributed by atoms with E-state index >= 15 is 0 Å². The second kappa shape index (κ2) is 8.07. The second-order valence-electron chi connectivity index (χ2n) is 7.16. The van der Waals surface area contributed by atoms with E-state index in [1.54, 1.807) is 52.0 Å². The molecule has 0 saturated heterocycles. The van der Waals surface area contributed by atoms with Crippen LogP contribution in [0.3, 0.4) is 0 Å².